The Labute approximate surface area is 156 Å². The molecule has 3 aromatic rings. The van der Waals surface area contributed by atoms with Crippen molar-refractivity contribution in [1.82, 2.24) is 0 Å². The molecule has 1 N–H and O–H groups in total. The van der Waals surface area contributed by atoms with Crippen LogP contribution in [0.15, 0.2) is 41.0 Å². The second kappa shape index (κ2) is 8.03. The van der Waals surface area contributed by atoms with E-state index >= 15 is 0 Å². The Kier molecular flexibility index (Phi) is 5.53. The summed E-state index contributed by atoms with van der Waals surface area (Å²) < 4.78 is 54.8. The fraction of sp³-hybridized carbons (Fsp3) is 0.158. The van der Waals surface area contributed by atoms with Gasteiger partial charge in [-0.15, -0.1) is 0 Å². The molecule has 0 unspecified atom stereocenters. The Morgan fingerprint density at radius 3 is 2.64 bits per heavy atom. The lowest BCUT2D eigenvalue weighted by molar-refractivity contribution is -0.146. The minimum absolute atomic E-state index is 0.161. The molecule has 28 heavy (non-hydrogen) atoms. The molecular weight excluding hydrogens is 379 g/mol. The Bertz CT molecular complexity index is 1050. The minimum atomic E-state index is -1.71. The molecular formula is C19H14F3NO5. The van der Waals surface area contributed by atoms with Crippen LogP contribution in [0.5, 0.6) is 5.75 Å². The number of carbonyl (C=O) groups excluding carboxylic acids is 2. The standard InChI is InChI=1S/C19H14F3NO5/c1-26-11-2-3-12-10(8-27-15(12)7-11)6-17(25)28-9-16(24)23-14-5-4-13(20)18(21)19(14)22/h2-5,7-8H,6,9H2,1H3,(H,23,24). The lowest BCUT2D eigenvalue weighted by Gasteiger charge is -2.08. The number of carbonyl (C=O) groups is 2. The summed E-state index contributed by atoms with van der Waals surface area (Å²) >= 11 is 0. The number of methoxy groups -OCH3 is 1. The van der Waals surface area contributed by atoms with Crippen molar-refractivity contribution in [3.63, 3.8) is 0 Å². The van der Waals surface area contributed by atoms with Gasteiger partial charge >= 0.3 is 5.97 Å². The van der Waals surface area contributed by atoms with E-state index in [0.29, 0.717) is 28.3 Å². The highest BCUT2D eigenvalue weighted by atomic mass is 19.2. The SMILES string of the molecule is COc1ccc2c(CC(=O)OCC(=O)Nc3ccc(F)c(F)c3F)coc2c1. The van der Waals surface area contributed by atoms with E-state index in [2.05, 4.69) is 0 Å². The summed E-state index contributed by atoms with van der Waals surface area (Å²) in [6, 6.07) is 6.61. The quantitative estimate of drug-likeness (QED) is 0.512. The lowest BCUT2D eigenvalue weighted by Crippen LogP contribution is -2.22. The van der Waals surface area contributed by atoms with Crippen molar-refractivity contribution in [1.29, 1.82) is 0 Å². The fourth-order valence-electron chi connectivity index (χ4n) is 2.49. The molecule has 0 saturated carbocycles. The first-order chi connectivity index (χ1) is 13.4. The van der Waals surface area contributed by atoms with Crippen LogP contribution in [0.1, 0.15) is 5.56 Å². The van der Waals surface area contributed by atoms with Crippen LogP contribution < -0.4 is 10.1 Å². The maximum Gasteiger partial charge on any atom is 0.310 e. The van der Waals surface area contributed by atoms with Crippen LogP contribution in [-0.4, -0.2) is 25.6 Å². The zero-order valence-corrected chi connectivity index (χ0v) is 14.6. The third kappa shape index (κ3) is 4.08. The summed E-state index contributed by atoms with van der Waals surface area (Å²) in [6.45, 7) is -0.721. The predicted molar refractivity (Wildman–Crippen MR) is 92.4 cm³/mol. The van der Waals surface area contributed by atoms with Gasteiger partial charge in [0.1, 0.15) is 11.3 Å². The molecule has 0 spiro atoms. The largest absolute Gasteiger partial charge is 0.497 e. The van der Waals surface area contributed by atoms with Gasteiger partial charge in [-0.3, -0.25) is 9.59 Å². The second-order valence-corrected chi connectivity index (χ2v) is 5.73. The van der Waals surface area contributed by atoms with Gasteiger partial charge in [0.15, 0.2) is 24.1 Å². The molecule has 0 fully saturated rings. The van der Waals surface area contributed by atoms with Crippen molar-refractivity contribution in [3.05, 3.63) is 59.6 Å². The number of amides is 1. The van der Waals surface area contributed by atoms with Gasteiger partial charge in [-0.05, 0) is 24.3 Å². The molecule has 6 nitrogen and oxygen atoms in total. The first-order valence-electron chi connectivity index (χ1n) is 8.02. The number of nitrogens with one attached hydrogen (secondary N) is 1. The summed E-state index contributed by atoms with van der Waals surface area (Å²) in [5.74, 6) is -5.67. The van der Waals surface area contributed by atoms with Gasteiger partial charge in [0, 0.05) is 17.0 Å². The minimum Gasteiger partial charge on any atom is -0.497 e. The number of esters is 1. The summed E-state index contributed by atoms with van der Waals surface area (Å²) in [5.41, 5.74) is 0.512. The van der Waals surface area contributed by atoms with Crippen LogP contribution in [0.3, 0.4) is 0 Å². The second-order valence-electron chi connectivity index (χ2n) is 5.73. The molecule has 1 aromatic heterocycles. The van der Waals surface area contributed by atoms with Gasteiger partial charge in [-0.1, -0.05) is 0 Å². The number of rotatable bonds is 6. The summed E-state index contributed by atoms with van der Waals surface area (Å²) in [6.07, 6.45) is 1.23. The number of benzene rings is 2. The molecule has 0 saturated heterocycles. The van der Waals surface area contributed by atoms with E-state index in [1.54, 1.807) is 18.2 Å². The van der Waals surface area contributed by atoms with Crippen LogP contribution in [0.25, 0.3) is 11.0 Å². The molecule has 0 atom stereocenters. The Hall–Kier alpha value is -3.49. The van der Waals surface area contributed by atoms with Crippen molar-refractivity contribution in [3.8, 4) is 5.75 Å². The zero-order chi connectivity index (χ0) is 20.3. The van der Waals surface area contributed by atoms with Crippen LogP contribution in [0, 0.1) is 17.5 Å². The Balaban J connectivity index is 1.57. The van der Waals surface area contributed by atoms with Crippen molar-refractivity contribution >= 4 is 28.5 Å². The normalized spacial score (nSPS) is 10.7. The van der Waals surface area contributed by atoms with Crippen LogP contribution in [-0.2, 0) is 20.7 Å². The number of anilines is 1. The van der Waals surface area contributed by atoms with Gasteiger partial charge in [-0.2, -0.15) is 0 Å². The Morgan fingerprint density at radius 1 is 1.11 bits per heavy atom. The smallest absolute Gasteiger partial charge is 0.310 e. The lowest BCUT2D eigenvalue weighted by atomic mass is 10.1. The predicted octanol–water partition coefficient (Wildman–Crippen LogP) is 3.58. The van der Waals surface area contributed by atoms with Crippen molar-refractivity contribution in [2.24, 2.45) is 0 Å². The number of fused-ring (bicyclic) bond motifs is 1. The molecule has 1 amide bonds. The topological polar surface area (TPSA) is 77.8 Å². The number of furan rings is 1. The van der Waals surface area contributed by atoms with Crippen molar-refractivity contribution in [2.75, 3.05) is 19.0 Å². The van der Waals surface area contributed by atoms with E-state index in [1.807, 2.05) is 5.32 Å². The van der Waals surface area contributed by atoms with Gasteiger partial charge in [0.05, 0.1) is 25.5 Å². The average molecular weight is 393 g/mol. The fourth-order valence-corrected chi connectivity index (χ4v) is 2.49. The van der Waals surface area contributed by atoms with Crippen molar-refractivity contribution < 1.29 is 36.7 Å². The molecule has 9 heteroatoms. The third-order valence-corrected chi connectivity index (χ3v) is 3.87. The van der Waals surface area contributed by atoms with Crippen LogP contribution >= 0.6 is 0 Å². The van der Waals surface area contributed by atoms with E-state index in [4.69, 9.17) is 13.9 Å². The first kappa shape index (κ1) is 19.3. The number of hydrogen-bond donors (Lipinski definition) is 1. The summed E-state index contributed by atoms with van der Waals surface area (Å²) in [7, 11) is 1.51. The van der Waals surface area contributed by atoms with E-state index in [-0.39, 0.29) is 6.42 Å². The number of ether oxygens (including phenoxy) is 2. The van der Waals surface area contributed by atoms with Crippen molar-refractivity contribution in [2.45, 2.75) is 6.42 Å². The maximum absolute atomic E-state index is 13.5. The molecule has 0 bridgehead atoms. The molecule has 0 aliphatic heterocycles. The van der Waals surface area contributed by atoms with E-state index in [1.165, 1.54) is 13.4 Å². The van der Waals surface area contributed by atoms with Gasteiger partial charge < -0.3 is 19.2 Å². The van der Waals surface area contributed by atoms with E-state index in [9.17, 15) is 22.8 Å². The monoisotopic (exact) mass is 393 g/mol. The highest BCUT2D eigenvalue weighted by Gasteiger charge is 2.17. The van der Waals surface area contributed by atoms with Crippen LogP contribution in [0.4, 0.5) is 18.9 Å². The summed E-state index contributed by atoms with van der Waals surface area (Å²) in [4.78, 5) is 23.7. The molecule has 0 aliphatic carbocycles. The van der Waals surface area contributed by atoms with Gasteiger partial charge in [0.25, 0.3) is 5.91 Å². The zero-order valence-electron chi connectivity index (χ0n) is 14.6. The highest BCUT2D eigenvalue weighted by Crippen LogP contribution is 2.26. The molecule has 0 radical (unpaired) electrons. The molecule has 1 heterocycles. The highest BCUT2D eigenvalue weighted by molar-refractivity contribution is 5.93. The molecule has 2 aromatic carbocycles. The summed E-state index contributed by atoms with van der Waals surface area (Å²) in [5, 5.41) is 2.69. The van der Waals surface area contributed by atoms with Gasteiger partial charge in [0.2, 0.25) is 0 Å². The molecule has 146 valence electrons. The van der Waals surface area contributed by atoms with E-state index in [0.717, 1.165) is 6.07 Å². The third-order valence-electron chi connectivity index (χ3n) is 3.87. The first-order valence-corrected chi connectivity index (χ1v) is 8.02. The Morgan fingerprint density at radius 2 is 1.89 bits per heavy atom. The number of halogens is 3. The average Bonchev–Trinajstić information content (AvgIpc) is 3.08. The molecule has 3 rings (SSSR count). The number of hydrogen-bond acceptors (Lipinski definition) is 5. The van der Waals surface area contributed by atoms with Gasteiger partial charge in [-0.25, -0.2) is 13.2 Å². The van der Waals surface area contributed by atoms with Crippen LogP contribution in [0.2, 0.25) is 0 Å². The molecule has 0 aliphatic rings. The van der Waals surface area contributed by atoms with E-state index < -0.39 is 41.6 Å². The maximum atomic E-state index is 13.5.